The van der Waals surface area contributed by atoms with Crippen molar-refractivity contribution in [1.82, 2.24) is 5.32 Å². The van der Waals surface area contributed by atoms with E-state index in [2.05, 4.69) is 5.32 Å². The summed E-state index contributed by atoms with van der Waals surface area (Å²) in [7, 11) is 0. The van der Waals surface area contributed by atoms with Crippen LogP contribution in [0.4, 0.5) is 5.69 Å². The second-order valence-corrected chi connectivity index (χ2v) is 6.56. The molecule has 0 bridgehead atoms. The first-order chi connectivity index (χ1) is 14.6. The van der Waals surface area contributed by atoms with Gasteiger partial charge >= 0.3 is 11.9 Å². The molecule has 10 nitrogen and oxygen atoms in total. The highest BCUT2D eigenvalue weighted by Gasteiger charge is 2.30. The molecule has 0 fully saturated rings. The van der Waals surface area contributed by atoms with Gasteiger partial charge in [0.25, 0.3) is 5.69 Å². The standard InChI is InChI=1S/C17H19N3O3.C4H4O4/c1-17(19-16(21)12-18,11-13-6-3-2-4-7-13)14-8-5-9-15(10-14)20(22)23;5-3(6)1-2-4(7)8/h2-10H,11-12,18H2,1H3,(H,19,21);1-2H,(H,5,6)(H,7,8). The Hall–Kier alpha value is -4.05. The summed E-state index contributed by atoms with van der Waals surface area (Å²) in [6.07, 6.45) is 1.62. The van der Waals surface area contributed by atoms with Gasteiger partial charge in [0.15, 0.2) is 0 Å². The molecule has 0 radical (unpaired) electrons. The number of nitrogens with one attached hydrogen (secondary N) is 1. The van der Waals surface area contributed by atoms with Crippen LogP contribution in [0.3, 0.4) is 0 Å². The molecule has 1 unspecified atom stereocenters. The van der Waals surface area contributed by atoms with Crippen LogP contribution in [0.5, 0.6) is 0 Å². The molecule has 0 aliphatic carbocycles. The van der Waals surface area contributed by atoms with E-state index in [9.17, 15) is 24.5 Å². The molecule has 1 amide bonds. The van der Waals surface area contributed by atoms with Crippen molar-refractivity contribution in [2.75, 3.05) is 6.54 Å². The van der Waals surface area contributed by atoms with Gasteiger partial charge in [0.05, 0.1) is 17.0 Å². The Balaban J connectivity index is 0.000000512. The average Bonchev–Trinajstić information content (AvgIpc) is 2.73. The molecule has 0 aliphatic rings. The summed E-state index contributed by atoms with van der Waals surface area (Å²) in [5.74, 6) is -2.82. The van der Waals surface area contributed by atoms with Gasteiger partial charge in [-0.15, -0.1) is 0 Å². The van der Waals surface area contributed by atoms with Gasteiger partial charge in [-0.25, -0.2) is 9.59 Å². The Morgan fingerprint density at radius 3 is 2.13 bits per heavy atom. The molecule has 0 saturated heterocycles. The molecule has 2 aromatic carbocycles. The zero-order chi connectivity index (χ0) is 23.4. The van der Waals surface area contributed by atoms with Crippen molar-refractivity contribution in [1.29, 1.82) is 0 Å². The van der Waals surface area contributed by atoms with Crippen LogP contribution in [-0.4, -0.2) is 39.5 Å². The summed E-state index contributed by atoms with van der Waals surface area (Å²) in [6.45, 7) is 1.70. The Bertz CT molecular complexity index is 944. The number of non-ortho nitro benzene ring substituents is 1. The summed E-state index contributed by atoms with van der Waals surface area (Å²) in [5, 5.41) is 29.5. The molecule has 2 aromatic rings. The maximum Gasteiger partial charge on any atom is 0.328 e. The number of carboxylic acids is 2. The average molecular weight is 429 g/mol. The van der Waals surface area contributed by atoms with Crippen molar-refractivity contribution in [3.8, 4) is 0 Å². The van der Waals surface area contributed by atoms with Gasteiger partial charge < -0.3 is 21.3 Å². The molecular weight excluding hydrogens is 406 g/mol. The first-order valence-corrected chi connectivity index (χ1v) is 9.01. The van der Waals surface area contributed by atoms with Crippen molar-refractivity contribution < 1.29 is 29.5 Å². The number of rotatable bonds is 8. The lowest BCUT2D eigenvalue weighted by atomic mass is 9.85. The second kappa shape index (κ2) is 11.8. The Kier molecular flexibility index (Phi) is 9.54. The predicted octanol–water partition coefficient (Wildman–Crippen LogP) is 1.84. The zero-order valence-corrected chi connectivity index (χ0v) is 16.7. The topological polar surface area (TPSA) is 173 Å². The minimum Gasteiger partial charge on any atom is -0.478 e. The van der Waals surface area contributed by atoms with E-state index in [0.717, 1.165) is 5.56 Å². The normalized spacial score (nSPS) is 12.2. The lowest BCUT2D eigenvalue weighted by molar-refractivity contribution is -0.385. The van der Waals surface area contributed by atoms with E-state index in [4.69, 9.17) is 15.9 Å². The molecule has 0 heterocycles. The van der Waals surface area contributed by atoms with Crippen LogP contribution in [-0.2, 0) is 26.3 Å². The number of benzene rings is 2. The van der Waals surface area contributed by atoms with Crippen molar-refractivity contribution >= 4 is 23.5 Å². The van der Waals surface area contributed by atoms with Crippen LogP contribution in [0.2, 0.25) is 0 Å². The van der Waals surface area contributed by atoms with Crippen molar-refractivity contribution in [3.05, 3.63) is 88.0 Å². The number of hydrogen-bond acceptors (Lipinski definition) is 6. The van der Waals surface area contributed by atoms with Crippen LogP contribution < -0.4 is 11.1 Å². The Labute approximate surface area is 178 Å². The number of hydrogen-bond donors (Lipinski definition) is 4. The molecule has 0 saturated carbocycles. The number of aliphatic carboxylic acids is 2. The predicted molar refractivity (Wildman–Crippen MR) is 112 cm³/mol. The maximum absolute atomic E-state index is 11.8. The smallest absolute Gasteiger partial charge is 0.328 e. The van der Waals surface area contributed by atoms with E-state index >= 15 is 0 Å². The van der Waals surface area contributed by atoms with Gasteiger partial charge in [0.1, 0.15) is 0 Å². The SMILES string of the molecule is CC(Cc1ccccc1)(NC(=O)CN)c1cccc([N+](=O)[O-])c1.O=C(O)C=CC(=O)O. The lowest BCUT2D eigenvalue weighted by Gasteiger charge is -2.31. The molecule has 0 aromatic heterocycles. The summed E-state index contributed by atoms with van der Waals surface area (Å²) in [4.78, 5) is 41.5. The highest BCUT2D eigenvalue weighted by molar-refractivity contribution is 5.89. The highest BCUT2D eigenvalue weighted by Crippen LogP contribution is 2.28. The van der Waals surface area contributed by atoms with E-state index in [1.54, 1.807) is 12.1 Å². The quantitative estimate of drug-likeness (QED) is 0.279. The monoisotopic (exact) mass is 429 g/mol. The first-order valence-electron chi connectivity index (χ1n) is 9.01. The molecule has 1 atom stereocenters. The minimum absolute atomic E-state index is 0.0104. The fourth-order valence-electron chi connectivity index (χ4n) is 2.69. The molecular formula is C21H23N3O7. The van der Waals surface area contributed by atoms with E-state index < -0.39 is 22.4 Å². The highest BCUT2D eigenvalue weighted by atomic mass is 16.6. The first kappa shape index (κ1) is 25.0. The van der Waals surface area contributed by atoms with Gasteiger partial charge in [-0.3, -0.25) is 14.9 Å². The number of carbonyl (C=O) groups is 3. The molecule has 10 heteroatoms. The number of carboxylic acid groups (broad SMARTS) is 2. The molecule has 31 heavy (non-hydrogen) atoms. The van der Waals surface area contributed by atoms with Crippen molar-refractivity contribution in [2.45, 2.75) is 18.9 Å². The number of amides is 1. The maximum atomic E-state index is 11.8. The molecule has 164 valence electrons. The van der Waals surface area contributed by atoms with Crippen LogP contribution >= 0.6 is 0 Å². The summed E-state index contributed by atoms with van der Waals surface area (Å²) in [6, 6.07) is 15.9. The summed E-state index contributed by atoms with van der Waals surface area (Å²) < 4.78 is 0. The third kappa shape index (κ3) is 8.88. The van der Waals surface area contributed by atoms with Crippen LogP contribution in [0.25, 0.3) is 0 Å². The van der Waals surface area contributed by atoms with E-state index in [-0.39, 0.29) is 18.1 Å². The Morgan fingerprint density at radius 1 is 1.06 bits per heavy atom. The summed E-state index contributed by atoms with van der Waals surface area (Å²) >= 11 is 0. The molecule has 0 spiro atoms. The zero-order valence-electron chi connectivity index (χ0n) is 16.7. The van der Waals surface area contributed by atoms with Crippen LogP contribution in [0.15, 0.2) is 66.7 Å². The van der Waals surface area contributed by atoms with Gasteiger partial charge in [0, 0.05) is 24.3 Å². The fourth-order valence-corrected chi connectivity index (χ4v) is 2.69. The van der Waals surface area contributed by atoms with Gasteiger partial charge in [0.2, 0.25) is 5.91 Å². The Morgan fingerprint density at radius 2 is 1.65 bits per heavy atom. The number of carbonyl (C=O) groups excluding carboxylic acids is 1. The van der Waals surface area contributed by atoms with E-state index in [1.807, 2.05) is 37.3 Å². The van der Waals surface area contributed by atoms with Crippen molar-refractivity contribution in [2.24, 2.45) is 5.73 Å². The van der Waals surface area contributed by atoms with Gasteiger partial charge in [-0.2, -0.15) is 0 Å². The largest absolute Gasteiger partial charge is 0.478 e. The van der Waals surface area contributed by atoms with Gasteiger partial charge in [-0.05, 0) is 24.5 Å². The van der Waals surface area contributed by atoms with E-state index in [0.29, 0.717) is 24.1 Å². The van der Waals surface area contributed by atoms with Crippen LogP contribution in [0.1, 0.15) is 18.1 Å². The minimum atomic E-state index is -1.26. The number of nitro benzene ring substituents is 1. The number of nitrogens with zero attached hydrogens (tertiary/aromatic N) is 1. The van der Waals surface area contributed by atoms with Crippen LogP contribution in [0, 0.1) is 10.1 Å². The third-order valence-electron chi connectivity index (χ3n) is 4.06. The number of nitro groups is 1. The fraction of sp³-hybridized carbons (Fsp3) is 0.190. The van der Waals surface area contributed by atoms with Crippen molar-refractivity contribution in [3.63, 3.8) is 0 Å². The second-order valence-electron chi connectivity index (χ2n) is 6.56. The molecule has 0 aliphatic heterocycles. The molecule has 5 N–H and O–H groups in total. The third-order valence-corrected chi connectivity index (χ3v) is 4.06. The summed E-state index contributed by atoms with van der Waals surface area (Å²) in [5.41, 5.74) is 6.29. The number of nitrogens with two attached hydrogens (primary N) is 1. The lowest BCUT2D eigenvalue weighted by Crippen LogP contribution is -2.47. The van der Waals surface area contributed by atoms with Gasteiger partial charge in [-0.1, -0.05) is 42.5 Å². The molecule has 2 rings (SSSR count). The van der Waals surface area contributed by atoms with E-state index in [1.165, 1.54) is 12.1 Å².